The molecule has 3 amide bonds. The highest BCUT2D eigenvalue weighted by atomic mass is 16.6. The fraction of sp³-hybridized carbons (Fsp3) is 0.925. The van der Waals surface area contributed by atoms with E-state index in [0.29, 0.717) is 12.8 Å². The first-order valence-electron chi connectivity index (χ1n) is 34.4. The average molecular weight is 1180 g/mol. The number of hydrogen-bond acceptors (Lipinski definition) is 12. The SMILES string of the molecule is CCCCCCCCCCCCCCCCCCCCCCCC(O)C(CCCCCCCCCCCCCCCCCCCCCC)C(=O)OC[C@H]1O[C@H](O)[C@H](NC(C)=O)[C@@H](OC(C)CN(C(=O)[C@H](C)N)[C@H](CCC(=O)O)C(N)=O)[C@@H]1O. The van der Waals surface area contributed by atoms with Crippen LogP contribution >= 0.6 is 0 Å². The van der Waals surface area contributed by atoms with Crippen molar-refractivity contribution in [3.63, 3.8) is 0 Å². The summed E-state index contributed by atoms with van der Waals surface area (Å²) in [6, 6.07) is -3.74. The molecule has 1 heterocycles. The van der Waals surface area contributed by atoms with Gasteiger partial charge >= 0.3 is 11.9 Å². The molecular formula is C67H128N4O12. The molecule has 1 saturated heterocycles. The maximum Gasteiger partial charge on any atom is 0.311 e. The van der Waals surface area contributed by atoms with Crippen molar-refractivity contribution in [2.45, 2.75) is 378 Å². The summed E-state index contributed by atoms with van der Waals surface area (Å²) in [5.41, 5.74) is 11.5. The molecule has 83 heavy (non-hydrogen) atoms. The first kappa shape index (κ1) is 78.1. The molecule has 0 aromatic rings. The third-order valence-corrected chi connectivity index (χ3v) is 17.0. The number of esters is 1. The lowest BCUT2D eigenvalue weighted by Crippen LogP contribution is -2.66. The van der Waals surface area contributed by atoms with E-state index in [1.807, 2.05) is 0 Å². The number of carbonyl (C=O) groups is 5. The molecule has 1 aliphatic heterocycles. The van der Waals surface area contributed by atoms with E-state index in [0.717, 1.165) is 56.3 Å². The zero-order valence-electron chi connectivity index (χ0n) is 53.7. The molecule has 1 aliphatic rings. The third kappa shape index (κ3) is 40.2. The Morgan fingerprint density at radius 2 is 0.928 bits per heavy atom. The second kappa shape index (κ2) is 52.3. The number of nitrogens with zero attached hydrogens (tertiary/aromatic N) is 1. The van der Waals surface area contributed by atoms with E-state index in [9.17, 15) is 44.4 Å². The van der Waals surface area contributed by atoms with Crippen LogP contribution in [0.3, 0.4) is 0 Å². The van der Waals surface area contributed by atoms with Gasteiger partial charge in [-0.05, 0) is 33.1 Å². The summed E-state index contributed by atoms with van der Waals surface area (Å²) in [5.74, 6) is -4.83. The number of amides is 3. The number of unbranched alkanes of at least 4 members (excludes halogenated alkanes) is 39. The number of carbonyl (C=O) groups excluding carboxylic acids is 4. The molecule has 0 aliphatic carbocycles. The van der Waals surface area contributed by atoms with E-state index in [1.165, 1.54) is 233 Å². The molecule has 0 aromatic carbocycles. The van der Waals surface area contributed by atoms with Crippen LogP contribution in [0.2, 0.25) is 0 Å². The largest absolute Gasteiger partial charge is 0.481 e. The molecule has 1 fully saturated rings. The number of aliphatic hydroxyl groups excluding tert-OH is 3. The van der Waals surface area contributed by atoms with Gasteiger partial charge in [0.25, 0.3) is 0 Å². The number of primary amides is 1. The monoisotopic (exact) mass is 1180 g/mol. The molecule has 488 valence electrons. The molecule has 16 heteroatoms. The minimum atomic E-state index is -1.72. The molecule has 9 N–H and O–H groups in total. The molecule has 0 bridgehead atoms. The Hall–Kier alpha value is -2.89. The van der Waals surface area contributed by atoms with Crippen molar-refractivity contribution in [3.8, 4) is 0 Å². The molecule has 16 nitrogen and oxygen atoms in total. The van der Waals surface area contributed by atoms with Crippen LogP contribution in [-0.4, -0.2) is 123 Å². The van der Waals surface area contributed by atoms with Crippen LogP contribution in [0, 0.1) is 5.92 Å². The molecule has 1 rings (SSSR count). The second-order valence-electron chi connectivity index (χ2n) is 25.0. The van der Waals surface area contributed by atoms with Crippen molar-refractivity contribution in [1.82, 2.24) is 10.2 Å². The maximum atomic E-state index is 14.0. The predicted molar refractivity (Wildman–Crippen MR) is 334 cm³/mol. The van der Waals surface area contributed by atoms with Gasteiger partial charge < -0.3 is 56.3 Å². The number of rotatable bonds is 58. The van der Waals surface area contributed by atoms with Gasteiger partial charge in [0.05, 0.1) is 24.2 Å². The highest BCUT2D eigenvalue weighted by Gasteiger charge is 2.48. The fourth-order valence-electron chi connectivity index (χ4n) is 11.9. The van der Waals surface area contributed by atoms with Crippen LogP contribution in [0.25, 0.3) is 0 Å². The number of ether oxygens (including phenoxy) is 3. The topological polar surface area (TPSA) is 261 Å². The van der Waals surface area contributed by atoms with E-state index >= 15 is 0 Å². The van der Waals surface area contributed by atoms with Gasteiger partial charge in [0, 0.05) is 19.9 Å². The molecule has 10 atom stereocenters. The van der Waals surface area contributed by atoms with Gasteiger partial charge in [0.2, 0.25) is 17.7 Å². The van der Waals surface area contributed by atoms with Gasteiger partial charge in [-0.3, -0.25) is 24.0 Å². The Balaban J connectivity index is 2.78. The zero-order valence-corrected chi connectivity index (χ0v) is 53.7. The van der Waals surface area contributed by atoms with E-state index < -0.39 is 104 Å². The zero-order chi connectivity index (χ0) is 61.3. The number of hydrogen-bond donors (Lipinski definition) is 7. The van der Waals surface area contributed by atoms with Crippen molar-refractivity contribution < 1.29 is 58.6 Å². The van der Waals surface area contributed by atoms with Gasteiger partial charge in [-0.15, -0.1) is 0 Å². The van der Waals surface area contributed by atoms with Crippen molar-refractivity contribution in [2.24, 2.45) is 17.4 Å². The number of carboxylic acid groups (broad SMARTS) is 1. The Bertz CT molecular complexity index is 1610. The lowest BCUT2D eigenvalue weighted by molar-refractivity contribution is -0.269. The fourth-order valence-corrected chi connectivity index (χ4v) is 11.9. The van der Waals surface area contributed by atoms with Crippen LogP contribution in [0.1, 0.15) is 324 Å². The highest BCUT2D eigenvalue weighted by Crippen LogP contribution is 2.28. The van der Waals surface area contributed by atoms with Crippen molar-refractivity contribution in [3.05, 3.63) is 0 Å². The number of nitrogens with two attached hydrogens (primary N) is 2. The summed E-state index contributed by atoms with van der Waals surface area (Å²) in [7, 11) is 0. The van der Waals surface area contributed by atoms with E-state index in [2.05, 4.69) is 19.2 Å². The van der Waals surface area contributed by atoms with E-state index in [-0.39, 0.29) is 13.0 Å². The van der Waals surface area contributed by atoms with Crippen molar-refractivity contribution in [1.29, 1.82) is 0 Å². The summed E-state index contributed by atoms with van der Waals surface area (Å²) < 4.78 is 17.8. The van der Waals surface area contributed by atoms with Gasteiger partial charge in [0.15, 0.2) is 6.29 Å². The Kier molecular flexibility index (Phi) is 49.2. The molecule has 0 spiro atoms. The van der Waals surface area contributed by atoms with Gasteiger partial charge in [-0.25, -0.2) is 0 Å². The van der Waals surface area contributed by atoms with Crippen molar-refractivity contribution >= 4 is 29.7 Å². The van der Waals surface area contributed by atoms with Crippen LogP contribution in [0.4, 0.5) is 0 Å². The normalized spacial score (nSPS) is 19.0. The smallest absolute Gasteiger partial charge is 0.311 e. The van der Waals surface area contributed by atoms with Gasteiger partial charge in [-0.2, -0.15) is 0 Å². The lowest BCUT2D eigenvalue weighted by atomic mass is 9.91. The number of aliphatic carboxylic acids is 1. The molecular weight excluding hydrogens is 1050 g/mol. The van der Waals surface area contributed by atoms with E-state index in [4.69, 9.17) is 25.7 Å². The van der Waals surface area contributed by atoms with Crippen molar-refractivity contribution in [2.75, 3.05) is 13.2 Å². The Morgan fingerprint density at radius 1 is 0.566 bits per heavy atom. The maximum absolute atomic E-state index is 14.0. The Morgan fingerprint density at radius 3 is 1.27 bits per heavy atom. The molecule has 0 saturated carbocycles. The standard InChI is InChI=1S/C67H128N4O12/c1-6-8-10-12-14-16-18-20-22-24-26-28-30-32-34-36-38-40-42-44-46-48-58(73)56(47-45-43-41-39-37-35-33-31-29-27-25-23-21-19-17-15-13-11-9-7-2)66(79)81-52-59-62(76)63(61(67(80)83-59)70-55(5)72)82-53(3)51-71(65(78)54(4)68)57(64(69)77)49-50-60(74)75/h53-54,56-59,61-63,67,73,76,80H,6-52,68H2,1-5H3,(H2,69,77)(H,70,72)(H,74,75)/t53?,54-,56?,57+,58?,59+,61+,62+,63+,67-/m0/s1. The first-order valence-corrected chi connectivity index (χ1v) is 34.4. The minimum Gasteiger partial charge on any atom is -0.481 e. The summed E-state index contributed by atoms with van der Waals surface area (Å²) in [5, 5.41) is 46.4. The lowest BCUT2D eigenvalue weighted by Gasteiger charge is -2.44. The highest BCUT2D eigenvalue weighted by molar-refractivity contribution is 5.89. The average Bonchev–Trinajstić information content (AvgIpc) is 3.55. The van der Waals surface area contributed by atoms with Crippen LogP contribution in [0.15, 0.2) is 0 Å². The first-order chi connectivity index (χ1) is 40.0. The van der Waals surface area contributed by atoms with Crippen LogP contribution in [-0.2, 0) is 38.2 Å². The predicted octanol–water partition coefficient (Wildman–Crippen LogP) is 13.6. The number of carboxylic acids is 1. The second-order valence-corrected chi connectivity index (χ2v) is 25.0. The van der Waals surface area contributed by atoms with Crippen LogP contribution < -0.4 is 16.8 Å². The molecule has 3 unspecified atom stereocenters. The molecule has 0 radical (unpaired) electrons. The van der Waals surface area contributed by atoms with E-state index in [1.54, 1.807) is 0 Å². The number of aliphatic hydroxyl groups is 3. The summed E-state index contributed by atoms with van der Waals surface area (Å²) in [4.78, 5) is 64.6. The number of nitrogens with one attached hydrogen (secondary N) is 1. The summed E-state index contributed by atoms with van der Waals surface area (Å²) >= 11 is 0. The van der Waals surface area contributed by atoms with Crippen LogP contribution in [0.5, 0.6) is 0 Å². The summed E-state index contributed by atoms with van der Waals surface area (Å²) in [6.07, 6.45) is 44.5. The Labute approximate surface area is 505 Å². The van der Waals surface area contributed by atoms with Gasteiger partial charge in [0.1, 0.15) is 37.0 Å². The minimum absolute atomic E-state index is 0.286. The summed E-state index contributed by atoms with van der Waals surface area (Å²) in [6.45, 7) is 7.88. The molecule has 0 aromatic heterocycles. The van der Waals surface area contributed by atoms with Gasteiger partial charge in [-0.1, -0.05) is 277 Å². The third-order valence-electron chi connectivity index (χ3n) is 17.0. The quantitative estimate of drug-likeness (QED) is 0.0221.